The lowest BCUT2D eigenvalue weighted by Crippen LogP contribution is -2.35. The number of hydrogen-bond donors (Lipinski definition) is 3. The highest BCUT2D eigenvalue weighted by Crippen LogP contribution is 2.14. The molecule has 9 nitrogen and oxygen atoms in total. The third kappa shape index (κ3) is 7.15. The van der Waals surface area contributed by atoms with Gasteiger partial charge < -0.3 is 14.8 Å². The normalized spacial score (nSPS) is 14.7. The fraction of sp³-hybridized carbons (Fsp3) is 0.350. The summed E-state index contributed by atoms with van der Waals surface area (Å²) in [5, 5.41) is 11.5. The summed E-state index contributed by atoms with van der Waals surface area (Å²) in [4.78, 5) is 21.7. The summed E-state index contributed by atoms with van der Waals surface area (Å²) in [5.41, 5.74) is 3.28. The lowest BCUT2D eigenvalue weighted by molar-refractivity contribution is -0.124. The van der Waals surface area contributed by atoms with Gasteiger partial charge in [0.2, 0.25) is 0 Å². The molecular weight excluding hydrogens is 374 g/mol. The molecule has 0 aliphatic carbocycles. The lowest BCUT2D eigenvalue weighted by atomic mass is 10.2. The monoisotopic (exact) mass is 399 g/mol. The first kappa shape index (κ1) is 20.7. The molecule has 0 saturated carbocycles. The number of aromatic nitrogens is 2. The molecule has 0 radical (unpaired) electrons. The Morgan fingerprint density at radius 1 is 1.21 bits per heavy atom. The van der Waals surface area contributed by atoms with E-state index in [2.05, 4.69) is 32.3 Å². The van der Waals surface area contributed by atoms with E-state index >= 15 is 0 Å². The molecule has 3 N–H and O–H groups in total. The molecular formula is C20H25N5O4. The Hall–Kier alpha value is -3.01. The number of carbonyl (C=O) groups excluding carboxylic acids is 1. The number of amides is 1. The average molecular weight is 399 g/mol. The molecule has 2 heterocycles. The number of hydroxylamine groups is 1. The molecule has 9 heteroatoms. The van der Waals surface area contributed by atoms with Crippen molar-refractivity contribution in [2.75, 3.05) is 44.8 Å². The summed E-state index contributed by atoms with van der Waals surface area (Å²) in [6.07, 6.45) is 5.71. The lowest BCUT2D eigenvalue weighted by Gasteiger charge is -2.26. The van der Waals surface area contributed by atoms with Crippen molar-refractivity contribution in [2.45, 2.75) is 6.54 Å². The molecule has 0 atom stereocenters. The second kappa shape index (κ2) is 11.1. The smallest absolute Gasteiger partial charge is 0.267 e. The maximum Gasteiger partial charge on any atom is 0.267 e. The van der Waals surface area contributed by atoms with Crippen LogP contribution in [0.5, 0.6) is 5.75 Å². The van der Waals surface area contributed by atoms with Crippen LogP contribution in [-0.4, -0.2) is 65.4 Å². The van der Waals surface area contributed by atoms with E-state index in [0.29, 0.717) is 24.7 Å². The third-order valence-electron chi connectivity index (χ3n) is 4.30. The third-order valence-corrected chi connectivity index (χ3v) is 4.30. The summed E-state index contributed by atoms with van der Waals surface area (Å²) in [5.74, 6) is 0.810. The number of anilines is 1. The second-order valence-electron chi connectivity index (χ2n) is 6.44. The summed E-state index contributed by atoms with van der Waals surface area (Å²) in [7, 11) is 0. The van der Waals surface area contributed by atoms with E-state index in [0.717, 1.165) is 44.7 Å². The van der Waals surface area contributed by atoms with Gasteiger partial charge in [0.25, 0.3) is 5.91 Å². The van der Waals surface area contributed by atoms with Gasteiger partial charge in [-0.2, -0.15) is 0 Å². The van der Waals surface area contributed by atoms with Gasteiger partial charge in [0.05, 0.1) is 37.8 Å². The first-order valence-corrected chi connectivity index (χ1v) is 9.43. The van der Waals surface area contributed by atoms with Gasteiger partial charge in [0, 0.05) is 25.7 Å². The molecule has 0 unspecified atom stereocenters. The molecule has 29 heavy (non-hydrogen) atoms. The van der Waals surface area contributed by atoms with E-state index in [1.54, 1.807) is 6.20 Å². The van der Waals surface area contributed by atoms with Crippen LogP contribution in [0.1, 0.15) is 11.3 Å². The molecule has 1 aliphatic heterocycles. The van der Waals surface area contributed by atoms with Gasteiger partial charge in [0.15, 0.2) is 0 Å². The van der Waals surface area contributed by atoms with Crippen LogP contribution in [0, 0.1) is 0 Å². The van der Waals surface area contributed by atoms with Crippen molar-refractivity contribution in [3.63, 3.8) is 0 Å². The molecule has 1 aromatic carbocycles. The van der Waals surface area contributed by atoms with Gasteiger partial charge in [-0.15, -0.1) is 0 Å². The van der Waals surface area contributed by atoms with Gasteiger partial charge in [-0.25, -0.2) is 10.5 Å². The maximum absolute atomic E-state index is 10.9. The summed E-state index contributed by atoms with van der Waals surface area (Å²) in [6, 6.07) is 8.15. The molecule has 0 spiro atoms. The molecule has 1 saturated heterocycles. The van der Waals surface area contributed by atoms with Gasteiger partial charge >= 0.3 is 0 Å². The van der Waals surface area contributed by atoms with Crippen LogP contribution in [0.3, 0.4) is 0 Å². The van der Waals surface area contributed by atoms with Crippen LogP contribution in [-0.2, 0) is 16.1 Å². The van der Waals surface area contributed by atoms with Crippen molar-refractivity contribution in [3.05, 3.63) is 54.0 Å². The highest BCUT2D eigenvalue weighted by Gasteiger charge is 2.10. The van der Waals surface area contributed by atoms with Crippen molar-refractivity contribution in [2.24, 2.45) is 0 Å². The number of morpholine rings is 1. The number of hydrogen-bond acceptors (Lipinski definition) is 8. The van der Waals surface area contributed by atoms with Crippen LogP contribution in [0.4, 0.5) is 5.82 Å². The number of ether oxygens (including phenoxy) is 2. The summed E-state index contributed by atoms with van der Waals surface area (Å²) in [6.45, 7) is 5.55. The van der Waals surface area contributed by atoms with Crippen molar-refractivity contribution < 1.29 is 19.5 Å². The Balaban J connectivity index is 1.36. The van der Waals surface area contributed by atoms with Gasteiger partial charge in [-0.05, 0) is 23.8 Å². The fourth-order valence-corrected chi connectivity index (χ4v) is 2.77. The summed E-state index contributed by atoms with van der Waals surface area (Å²) >= 11 is 0. The van der Waals surface area contributed by atoms with Crippen molar-refractivity contribution >= 4 is 17.8 Å². The molecule has 1 aliphatic rings. The second-order valence-corrected chi connectivity index (χ2v) is 6.44. The van der Waals surface area contributed by atoms with E-state index in [-0.39, 0.29) is 0 Å². The van der Waals surface area contributed by atoms with Gasteiger partial charge in [-0.3, -0.25) is 19.9 Å². The number of nitrogens with zero attached hydrogens (tertiary/aromatic N) is 3. The van der Waals surface area contributed by atoms with E-state index in [9.17, 15) is 4.79 Å². The largest absolute Gasteiger partial charge is 0.492 e. The Morgan fingerprint density at radius 2 is 2.00 bits per heavy atom. The zero-order valence-corrected chi connectivity index (χ0v) is 16.1. The molecule has 2 aromatic rings. The van der Waals surface area contributed by atoms with Crippen molar-refractivity contribution in [1.82, 2.24) is 20.3 Å². The topological polar surface area (TPSA) is 109 Å². The maximum atomic E-state index is 10.9. The number of nitrogens with one attached hydrogen (secondary N) is 2. The van der Waals surface area contributed by atoms with Crippen LogP contribution < -0.4 is 15.5 Å². The minimum absolute atomic E-state index is 0.489. The minimum Gasteiger partial charge on any atom is -0.492 e. The van der Waals surface area contributed by atoms with Crippen molar-refractivity contribution in [1.29, 1.82) is 0 Å². The minimum atomic E-state index is -0.625. The molecule has 1 amide bonds. The fourth-order valence-electron chi connectivity index (χ4n) is 2.77. The zero-order chi connectivity index (χ0) is 20.3. The standard InChI is InChI=1S/C20H25N5O4/c26-20(24-27)6-3-17-13-23-19(14-22-17)21-7-10-29-18-4-1-16(2-5-18)15-25-8-11-28-12-9-25/h1-6,13-14,27H,7-12,15H2,(H,21,23)(H,24,26)/b6-3+. The van der Waals surface area contributed by atoms with Crippen LogP contribution in [0.15, 0.2) is 42.7 Å². The molecule has 1 aromatic heterocycles. The van der Waals surface area contributed by atoms with E-state index in [1.165, 1.54) is 23.3 Å². The van der Waals surface area contributed by atoms with E-state index < -0.39 is 5.91 Å². The predicted molar refractivity (Wildman–Crippen MR) is 108 cm³/mol. The van der Waals surface area contributed by atoms with Gasteiger partial charge in [-0.1, -0.05) is 12.1 Å². The Kier molecular flexibility index (Phi) is 7.93. The number of carbonyl (C=O) groups is 1. The number of rotatable bonds is 9. The SMILES string of the molecule is O=C(/C=C/c1cnc(NCCOc2ccc(CN3CCOCC3)cc2)cn1)NO. The summed E-state index contributed by atoms with van der Waals surface area (Å²) < 4.78 is 11.1. The zero-order valence-electron chi connectivity index (χ0n) is 16.1. The Labute approximate surface area is 169 Å². The van der Waals surface area contributed by atoms with Gasteiger partial charge in [0.1, 0.15) is 18.2 Å². The van der Waals surface area contributed by atoms with Crippen LogP contribution >= 0.6 is 0 Å². The Morgan fingerprint density at radius 3 is 2.69 bits per heavy atom. The van der Waals surface area contributed by atoms with E-state index in [1.807, 2.05) is 12.1 Å². The number of benzene rings is 1. The molecule has 154 valence electrons. The predicted octanol–water partition coefficient (Wildman–Crippen LogP) is 1.32. The van der Waals surface area contributed by atoms with E-state index in [4.69, 9.17) is 14.7 Å². The van der Waals surface area contributed by atoms with Crippen LogP contribution in [0.2, 0.25) is 0 Å². The van der Waals surface area contributed by atoms with Crippen LogP contribution in [0.25, 0.3) is 6.08 Å². The quantitative estimate of drug-likeness (QED) is 0.251. The highest BCUT2D eigenvalue weighted by atomic mass is 16.5. The highest BCUT2D eigenvalue weighted by molar-refractivity contribution is 5.90. The molecule has 1 fully saturated rings. The average Bonchev–Trinajstić information content (AvgIpc) is 2.77. The molecule has 0 bridgehead atoms. The first-order valence-electron chi connectivity index (χ1n) is 9.43. The Bertz CT molecular complexity index is 790. The molecule has 3 rings (SSSR count). The van der Waals surface area contributed by atoms with Crippen molar-refractivity contribution in [3.8, 4) is 5.75 Å². The first-order chi connectivity index (χ1) is 14.2.